The quantitative estimate of drug-likeness (QED) is 0.258. The van der Waals surface area contributed by atoms with E-state index in [0.29, 0.717) is 0 Å². The van der Waals surface area contributed by atoms with Gasteiger partial charge in [0.1, 0.15) is 5.75 Å². The van der Waals surface area contributed by atoms with Gasteiger partial charge in [-0.15, -0.1) is 0 Å². The molecule has 0 fully saturated rings. The first kappa shape index (κ1) is 23.8. The molecule has 0 spiro atoms. The first-order valence-corrected chi connectivity index (χ1v) is 12.1. The van der Waals surface area contributed by atoms with Crippen LogP contribution in [0.15, 0.2) is 122 Å². The van der Waals surface area contributed by atoms with Crippen molar-refractivity contribution in [2.75, 3.05) is 17.7 Å². The third kappa shape index (κ3) is 5.85. The Labute approximate surface area is 216 Å². The maximum absolute atomic E-state index is 5.29. The number of nitrogens with one attached hydrogen (secondary N) is 2. The van der Waals surface area contributed by atoms with E-state index in [2.05, 4.69) is 82.1 Å². The van der Waals surface area contributed by atoms with Gasteiger partial charge in [-0.25, -0.2) is 0 Å². The number of pyridine rings is 2. The van der Waals surface area contributed by atoms with E-state index in [9.17, 15) is 0 Å². The lowest BCUT2D eigenvalue weighted by Crippen LogP contribution is -1.92. The zero-order chi connectivity index (χ0) is 25.5. The van der Waals surface area contributed by atoms with E-state index < -0.39 is 0 Å². The molecular formula is C32H28N4O. The van der Waals surface area contributed by atoms with Crippen molar-refractivity contribution in [1.82, 2.24) is 9.97 Å². The van der Waals surface area contributed by atoms with Crippen molar-refractivity contribution < 1.29 is 4.74 Å². The number of anilines is 4. The van der Waals surface area contributed by atoms with Gasteiger partial charge in [0.2, 0.25) is 0 Å². The Morgan fingerprint density at radius 2 is 1.08 bits per heavy atom. The van der Waals surface area contributed by atoms with Gasteiger partial charge in [0.25, 0.3) is 0 Å². The summed E-state index contributed by atoms with van der Waals surface area (Å²) >= 11 is 0. The van der Waals surface area contributed by atoms with Gasteiger partial charge in [-0.1, -0.05) is 48.0 Å². The number of aryl methyl sites for hydroxylation is 1. The van der Waals surface area contributed by atoms with E-state index in [1.54, 1.807) is 31.9 Å². The van der Waals surface area contributed by atoms with Gasteiger partial charge in [-0.2, -0.15) is 0 Å². The molecule has 2 N–H and O–H groups in total. The second-order valence-corrected chi connectivity index (χ2v) is 8.64. The van der Waals surface area contributed by atoms with Gasteiger partial charge < -0.3 is 15.4 Å². The average Bonchev–Trinajstić information content (AvgIpc) is 2.95. The van der Waals surface area contributed by atoms with E-state index in [0.717, 1.165) is 33.9 Å². The molecule has 0 aliphatic rings. The van der Waals surface area contributed by atoms with Gasteiger partial charge in [-0.05, 0) is 72.3 Å². The largest absolute Gasteiger partial charge is 0.497 e. The number of ether oxygens (including phenoxy) is 1. The summed E-state index contributed by atoms with van der Waals surface area (Å²) in [5.74, 6) is 0.858. The highest BCUT2D eigenvalue weighted by Gasteiger charge is 2.03. The maximum Gasteiger partial charge on any atom is 0.119 e. The summed E-state index contributed by atoms with van der Waals surface area (Å²) < 4.78 is 5.29. The van der Waals surface area contributed by atoms with Crippen LogP contribution < -0.4 is 15.4 Å². The van der Waals surface area contributed by atoms with Crippen molar-refractivity contribution >= 4 is 44.3 Å². The first-order chi connectivity index (χ1) is 18.2. The van der Waals surface area contributed by atoms with E-state index in [-0.39, 0.29) is 0 Å². The molecule has 182 valence electrons. The van der Waals surface area contributed by atoms with Crippen molar-refractivity contribution in [3.8, 4) is 5.75 Å². The molecule has 6 aromatic rings. The van der Waals surface area contributed by atoms with Crippen molar-refractivity contribution in [2.24, 2.45) is 0 Å². The molecule has 0 saturated heterocycles. The number of benzene rings is 4. The number of hydrogen-bond donors (Lipinski definition) is 2. The Hall–Kier alpha value is -4.90. The lowest BCUT2D eigenvalue weighted by atomic mass is 10.1. The number of fused-ring (bicyclic) bond motifs is 2. The molecule has 0 aliphatic heterocycles. The molecule has 0 atom stereocenters. The molecule has 4 aromatic carbocycles. The molecule has 0 saturated carbocycles. The van der Waals surface area contributed by atoms with Crippen LogP contribution in [0.4, 0.5) is 22.7 Å². The number of rotatable bonds is 5. The van der Waals surface area contributed by atoms with Crippen LogP contribution in [0.3, 0.4) is 0 Å². The minimum Gasteiger partial charge on any atom is -0.497 e. The van der Waals surface area contributed by atoms with E-state index >= 15 is 0 Å². The number of aromatic nitrogens is 2. The molecule has 0 aliphatic carbocycles. The minimum absolute atomic E-state index is 0.858. The van der Waals surface area contributed by atoms with E-state index in [1.807, 2.05) is 42.5 Å². The topological polar surface area (TPSA) is 59.1 Å². The summed E-state index contributed by atoms with van der Waals surface area (Å²) in [6.07, 6.45) is 7.12. The molecular weight excluding hydrogens is 456 g/mol. The molecule has 0 amide bonds. The minimum atomic E-state index is 0.858. The van der Waals surface area contributed by atoms with Crippen molar-refractivity contribution in [2.45, 2.75) is 6.92 Å². The fraction of sp³-hybridized carbons (Fsp3) is 0.0625. The number of hydrogen-bond acceptors (Lipinski definition) is 5. The maximum atomic E-state index is 5.29. The third-order valence-electron chi connectivity index (χ3n) is 6.05. The molecule has 6 rings (SSSR count). The van der Waals surface area contributed by atoms with Crippen LogP contribution in [0.5, 0.6) is 5.75 Å². The normalized spacial score (nSPS) is 10.4. The van der Waals surface area contributed by atoms with Crippen LogP contribution in [-0.4, -0.2) is 17.1 Å². The summed E-state index contributed by atoms with van der Waals surface area (Å²) in [4.78, 5) is 8.04. The summed E-state index contributed by atoms with van der Waals surface area (Å²) in [7, 11) is 1.68. The zero-order valence-electron chi connectivity index (χ0n) is 20.8. The smallest absolute Gasteiger partial charge is 0.119 e. The molecule has 0 bridgehead atoms. The lowest BCUT2D eigenvalue weighted by Gasteiger charge is -2.10. The van der Waals surface area contributed by atoms with Crippen molar-refractivity contribution in [3.63, 3.8) is 0 Å². The predicted molar refractivity (Wildman–Crippen MR) is 154 cm³/mol. The van der Waals surface area contributed by atoms with Gasteiger partial charge in [0.15, 0.2) is 0 Å². The Bertz CT molecular complexity index is 1620. The summed E-state index contributed by atoms with van der Waals surface area (Å²) in [5, 5.41) is 11.6. The van der Waals surface area contributed by atoms with Gasteiger partial charge in [0, 0.05) is 58.3 Å². The molecule has 2 aromatic heterocycles. The molecule has 0 radical (unpaired) electrons. The van der Waals surface area contributed by atoms with Crippen LogP contribution in [0.2, 0.25) is 0 Å². The van der Waals surface area contributed by atoms with Crippen molar-refractivity contribution in [1.29, 1.82) is 0 Å². The molecule has 5 heteroatoms. The second-order valence-electron chi connectivity index (χ2n) is 8.64. The van der Waals surface area contributed by atoms with Crippen LogP contribution in [-0.2, 0) is 0 Å². The lowest BCUT2D eigenvalue weighted by molar-refractivity contribution is 0.415. The van der Waals surface area contributed by atoms with E-state index in [1.165, 1.54) is 21.7 Å². The zero-order valence-corrected chi connectivity index (χ0v) is 20.8. The first-order valence-electron chi connectivity index (χ1n) is 12.1. The Morgan fingerprint density at radius 3 is 1.62 bits per heavy atom. The summed E-state index contributed by atoms with van der Waals surface area (Å²) in [6.45, 7) is 2.11. The second kappa shape index (κ2) is 11.2. The van der Waals surface area contributed by atoms with Crippen LogP contribution in [0, 0.1) is 6.92 Å². The van der Waals surface area contributed by atoms with Gasteiger partial charge in [-0.3, -0.25) is 9.97 Å². The Morgan fingerprint density at radius 1 is 0.568 bits per heavy atom. The SMILES string of the molecule is COc1ccc2cccc(Nc3ccncc3)c2c1.Cc1ccc2cccc(Nc3ccncc3)c2c1. The summed E-state index contributed by atoms with van der Waals surface area (Å²) in [6, 6.07) is 32.9. The van der Waals surface area contributed by atoms with Gasteiger partial charge in [0.05, 0.1) is 7.11 Å². The van der Waals surface area contributed by atoms with E-state index in [4.69, 9.17) is 4.74 Å². The highest BCUT2D eigenvalue weighted by atomic mass is 16.5. The average molecular weight is 485 g/mol. The van der Waals surface area contributed by atoms with Crippen molar-refractivity contribution in [3.05, 3.63) is 127 Å². The number of methoxy groups -OCH3 is 1. The van der Waals surface area contributed by atoms with Gasteiger partial charge >= 0.3 is 0 Å². The fourth-order valence-electron chi connectivity index (χ4n) is 4.16. The predicted octanol–water partition coefficient (Wildman–Crippen LogP) is 8.27. The Balaban J connectivity index is 0.000000152. The highest BCUT2D eigenvalue weighted by Crippen LogP contribution is 2.30. The standard InChI is InChI=1S/C16H14N2O.C16H14N2/c1-19-14-6-5-12-3-2-4-16(15(12)11-14)18-13-7-9-17-10-8-13;1-12-5-6-13-3-2-4-16(15(13)11-12)18-14-7-9-17-10-8-14/h2-11H,1H3,(H,17,18);2-11H,1H3,(H,17,18). The highest BCUT2D eigenvalue weighted by molar-refractivity contribution is 5.97. The fourth-order valence-corrected chi connectivity index (χ4v) is 4.16. The molecule has 2 heterocycles. The number of nitrogens with zero attached hydrogens (tertiary/aromatic N) is 2. The third-order valence-corrected chi connectivity index (χ3v) is 6.05. The van der Waals surface area contributed by atoms with Crippen LogP contribution in [0.1, 0.15) is 5.56 Å². The van der Waals surface area contributed by atoms with Crippen LogP contribution >= 0.6 is 0 Å². The molecule has 0 unspecified atom stereocenters. The molecule has 5 nitrogen and oxygen atoms in total. The Kier molecular flexibility index (Phi) is 7.23. The monoisotopic (exact) mass is 484 g/mol. The summed E-state index contributed by atoms with van der Waals surface area (Å²) in [5.41, 5.74) is 5.53. The van der Waals surface area contributed by atoms with Crippen LogP contribution in [0.25, 0.3) is 21.5 Å². The molecule has 37 heavy (non-hydrogen) atoms.